The Morgan fingerprint density at radius 1 is 1.25 bits per heavy atom. The van der Waals surface area contributed by atoms with Crippen LogP contribution in [0.5, 0.6) is 0 Å². The van der Waals surface area contributed by atoms with Crippen LogP contribution >= 0.6 is 0 Å². The first-order valence-corrected chi connectivity index (χ1v) is 8.40. The normalized spacial score (nSPS) is 25.0. The fourth-order valence-corrected chi connectivity index (χ4v) is 2.95. The summed E-state index contributed by atoms with van der Waals surface area (Å²) >= 11 is 0. The van der Waals surface area contributed by atoms with Crippen molar-refractivity contribution >= 4 is 29.1 Å². The fourth-order valence-electron chi connectivity index (χ4n) is 2.95. The van der Waals surface area contributed by atoms with Crippen LogP contribution in [0.2, 0.25) is 0 Å². The zero-order valence-electron chi connectivity index (χ0n) is 14.5. The summed E-state index contributed by atoms with van der Waals surface area (Å²) in [6.45, 7) is -0.457. The highest BCUT2D eigenvalue weighted by molar-refractivity contribution is 5.84. The second kappa shape index (κ2) is 7.44. The number of nitrogens with two attached hydrogens (primary N) is 1. The summed E-state index contributed by atoms with van der Waals surface area (Å²) in [6.07, 6.45) is 1.45. The first-order chi connectivity index (χ1) is 13.6. The van der Waals surface area contributed by atoms with Crippen LogP contribution in [0.1, 0.15) is 11.8 Å². The van der Waals surface area contributed by atoms with Crippen LogP contribution in [-0.2, 0) is 4.74 Å². The van der Waals surface area contributed by atoms with Gasteiger partial charge in [-0.15, -0.1) is 0 Å². The first kappa shape index (κ1) is 18.2. The minimum absolute atomic E-state index is 0.136. The monoisotopic (exact) mass is 386 g/mol. The van der Waals surface area contributed by atoms with Gasteiger partial charge < -0.3 is 25.8 Å². The molecule has 3 aromatic heterocycles. The molecule has 0 aliphatic carbocycles. The number of aliphatic hydroxyl groups excluding tert-OH is 3. The van der Waals surface area contributed by atoms with Crippen molar-refractivity contribution in [2.45, 2.75) is 24.5 Å². The van der Waals surface area contributed by atoms with Gasteiger partial charge in [-0.2, -0.15) is 5.10 Å². The third kappa shape index (κ3) is 3.14. The number of nitrogens with one attached hydrogen (secondary N) is 1. The second-order valence-electron chi connectivity index (χ2n) is 6.12. The molecule has 0 unspecified atom stereocenters. The lowest BCUT2D eigenvalue weighted by Gasteiger charge is -2.18. The largest absolute Gasteiger partial charge is 0.394 e. The molecule has 4 rings (SSSR count). The molecule has 0 radical (unpaired) electrons. The van der Waals surface area contributed by atoms with Gasteiger partial charge in [-0.3, -0.25) is 9.55 Å². The molecule has 12 heteroatoms. The van der Waals surface area contributed by atoms with E-state index in [9.17, 15) is 15.3 Å². The molecule has 3 aromatic rings. The molecule has 1 aliphatic heterocycles. The minimum atomic E-state index is -1.32. The van der Waals surface area contributed by atoms with Gasteiger partial charge in [0, 0.05) is 12.4 Å². The van der Waals surface area contributed by atoms with Crippen molar-refractivity contribution in [1.29, 1.82) is 0 Å². The number of hydrogen-bond acceptors (Lipinski definition) is 11. The summed E-state index contributed by atoms with van der Waals surface area (Å²) in [6, 6.07) is 3.54. The van der Waals surface area contributed by atoms with Gasteiger partial charge in [0.05, 0.1) is 12.8 Å². The lowest BCUT2D eigenvalue weighted by atomic mass is 10.1. The van der Waals surface area contributed by atoms with Crippen molar-refractivity contribution in [3.05, 3.63) is 36.4 Å². The number of nitrogen functional groups attached to an aromatic ring is 1. The Balaban J connectivity index is 1.73. The average molecular weight is 386 g/mol. The molecule has 1 aliphatic rings. The van der Waals surface area contributed by atoms with Crippen molar-refractivity contribution in [3.63, 3.8) is 0 Å². The molecule has 0 spiro atoms. The maximum absolute atomic E-state index is 10.4. The van der Waals surface area contributed by atoms with Crippen LogP contribution < -0.4 is 11.2 Å². The van der Waals surface area contributed by atoms with Crippen LogP contribution in [0.25, 0.3) is 11.2 Å². The summed E-state index contributed by atoms with van der Waals surface area (Å²) in [4.78, 5) is 16.3. The smallest absolute Gasteiger partial charge is 0.228 e. The molecule has 0 saturated carbocycles. The summed E-state index contributed by atoms with van der Waals surface area (Å²) in [5, 5.41) is 34.0. The van der Waals surface area contributed by atoms with Crippen LogP contribution in [-0.4, -0.2) is 71.0 Å². The van der Waals surface area contributed by atoms with E-state index in [1.807, 2.05) is 0 Å². The number of anilines is 2. The quantitative estimate of drug-likeness (QED) is 0.266. The van der Waals surface area contributed by atoms with E-state index in [0.717, 1.165) is 5.56 Å². The van der Waals surface area contributed by atoms with E-state index < -0.39 is 31.1 Å². The predicted octanol–water partition coefficient (Wildman–Crippen LogP) is -1.14. The summed E-state index contributed by atoms with van der Waals surface area (Å²) in [5.74, 6) is 0.305. The third-order valence-corrected chi connectivity index (χ3v) is 4.36. The molecule has 1 fully saturated rings. The van der Waals surface area contributed by atoms with Crippen LogP contribution in [0.4, 0.5) is 11.8 Å². The molecule has 6 N–H and O–H groups in total. The highest BCUT2D eigenvalue weighted by Crippen LogP contribution is 2.35. The molecule has 1 saturated heterocycles. The van der Waals surface area contributed by atoms with Crippen molar-refractivity contribution in [2.24, 2.45) is 5.10 Å². The highest BCUT2D eigenvalue weighted by Gasteiger charge is 2.45. The molecule has 12 nitrogen and oxygen atoms in total. The van der Waals surface area contributed by atoms with E-state index >= 15 is 0 Å². The Morgan fingerprint density at radius 3 is 2.75 bits per heavy atom. The Kier molecular flexibility index (Phi) is 4.83. The highest BCUT2D eigenvalue weighted by atomic mass is 16.6. The van der Waals surface area contributed by atoms with Crippen molar-refractivity contribution in [3.8, 4) is 0 Å². The third-order valence-electron chi connectivity index (χ3n) is 4.36. The van der Waals surface area contributed by atoms with Crippen LogP contribution in [0.15, 0.2) is 36.0 Å². The molecule has 28 heavy (non-hydrogen) atoms. The number of hydrazone groups is 1. The van der Waals surface area contributed by atoms with Gasteiger partial charge in [0.2, 0.25) is 5.95 Å². The number of rotatable bonds is 5. The van der Waals surface area contributed by atoms with E-state index in [0.29, 0.717) is 0 Å². The number of hydrogen-bond donors (Lipinski definition) is 5. The number of imidazole rings is 1. The molecule has 4 heterocycles. The molecule has 0 aromatic carbocycles. The van der Waals surface area contributed by atoms with Crippen molar-refractivity contribution in [1.82, 2.24) is 24.5 Å². The fraction of sp³-hybridized carbons (Fsp3) is 0.312. The Bertz CT molecular complexity index is 995. The molecule has 0 amide bonds. The van der Waals surface area contributed by atoms with Gasteiger partial charge in [0.1, 0.15) is 24.6 Å². The van der Waals surface area contributed by atoms with Gasteiger partial charge >= 0.3 is 0 Å². The van der Waals surface area contributed by atoms with Crippen LogP contribution in [0, 0.1) is 0 Å². The topological polar surface area (TPSA) is 177 Å². The summed E-state index contributed by atoms with van der Waals surface area (Å²) < 4.78 is 7.02. The molecule has 0 bridgehead atoms. The van der Waals surface area contributed by atoms with Gasteiger partial charge in [-0.1, -0.05) is 0 Å². The number of ether oxygens (including phenoxy) is 1. The SMILES string of the molecule is Nc1ncnc2c1nc(N/N=C\c1ccncc1)n2[C@H]1O[C@@H](CO)[C@@H](O)[C@H]1O. The number of aromatic nitrogens is 5. The lowest BCUT2D eigenvalue weighted by Crippen LogP contribution is -2.33. The lowest BCUT2D eigenvalue weighted by molar-refractivity contribution is -0.0501. The van der Waals surface area contributed by atoms with E-state index in [1.54, 1.807) is 30.7 Å². The van der Waals surface area contributed by atoms with Gasteiger partial charge in [-0.25, -0.2) is 20.4 Å². The predicted molar refractivity (Wildman–Crippen MR) is 98.2 cm³/mol. The van der Waals surface area contributed by atoms with Gasteiger partial charge in [0.15, 0.2) is 23.2 Å². The van der Waals surface area contributed by atoms with E-state index in [-0.39, 0.29) is 22.9 Å². The van der Waals surface area contributed by atoms with Crippen molar-refractivity contribution < 1.29 is 20.1 Å². The minimum Gasteiger partial charge on any atom is -0.394 e. The molecule has 146 valence electrons. The summed E-state index contributed by atoms with van der Waals surface area (Å²) in [7, 11) is 0. The standard InChI is InChI=1S/C16H18N8O4/c17-13-10-14(20-7-19-13)24(15-12(27)11(26)9(6-25)28-15)16(22-10)23-21-5-8-1-3-18-4-2-8/h1-5,7,9,11-12,15,25-27H,6H2,(H,22,23)(H2,17,19,20)/b21-5-/t9-,11+,12+,15-/m0/s1. The molecular formula is C16H18N8O4. The van der Waals surface area contributed by atoms with E-state index in [2.05, 4.69) is 30.5 Å². The zero-order valence-corrected chi connectivity index (χ0v) is 14.5. The number of pyridine rings is 1. The average Bonchev–Trinajstić information content (AvgIpc) is 3.21. The Labute approximate surface area is 158 Å². The van der Waals surface area contributed by atoms with E-state index in [1.165, 1.54) is 10.9 Å². The summed E-state index contributed by atoms with van der Waals surface area (Å²) in [5.41, 5.74) is 10.0. The number of nitrogens with zero attached hydrogens (tertiary/aromatic N) is 6. The van der Waals surface area contributed by atoms with Gasteiger partial charge in [0.25, 0.3) is 0 Å². The molecule has 4 atom stereocenters. The first-order valence-electron chi connectivity index (χ1n) is 8.40. The van der Waals surface area contributed by atoms with E-state index in [4.69, 9.17) is 10.5 Å². The van der Waals surface area contributed by atoms with Crippen molar-refractivity contribution in [2.75, 3.05) is 17.8 Å². The zero-order chi connectivity index (χ0) is 19.7. The van der Waals surface area contributed by atoms with Crippen LogP contribution in [0.3, 0.4) is 0 Å². The molecular weight excluding hydrogens is 368 g/mol. The number of fused-ring (bicyclic) bond motifs is 1. The number of aliphatic hydroxyl groups is 3. The maximum atomic E-state index is 10.4. The van der Waals surface area contributed by atoms with Gasteiger partial charge in [-0.05, 0) is 17.7 Å². The Morgan fingerprint density at radius 2 is 2.04 bits per heavy atom. The second-order valence-corrected chi connectivity index (χ2v) is 6.12. The maximum Gasteiger partial charge on any atom is 0.228 e. The Hall–Kier alpha value is -3.19.